The minimum absolute atomic E-state index is 0.595. The number of hydrogen-bond donors (Lipinski definition) is 0. The van der Waals surface area contributed by atoms with E-state index in [0.717, 1.165) is 21.0 Å². The molecule has 0 amide bonds. The lowest BCUT2D eigenvalue weighted by Crippen LogP contribution is -2.47. The van der Waals surface area contributed by atoms with Crippen molar-refractivity contribution in [1.29, 1.82) is 0 Å². The van der Waals surface area contributed by atoms with E-state index in [0.29, 0.717) is 4.08 Å². The molecule has 5 atom stereocenters. The molecule has 1 aliphatic carbocycles. The first-order valence-electron chi connectivity index (χ1n) is 6.28. The summed E-state index contributed by atoms with van der Waals surface area (Å²) in [5.41, 5.74) is 0. The minimum atomic E-state index is 0.595. The number of hydrogen-bond acceptors (Lipinski definition) is 4. The Morgan fingerprint density at radius 1 is 1.00 bits per heavy atom. The molecule has 1 saturated carbocycles. The fraction of sp³-hybridized carbons (Fsp3) is 1.00. The van der Waals surface area contributed by atoms with Gasteiger partial charge in [-0.15, -0.1) is 23.5 Å². The predicted molar refractivity (Wildman–Crippen MR) is 83.2 cm³/mol. The second-order valence-corrected chi connectivity index (χ2v) is 11.4. The molecule has 0 aromatic rings. The van der Waals surface area contributed by atoms with Crippen molar-refractivity contribution >= 4 is 47.0 Å². The van der Waals surface area contributed by atoms with E-state index < -0.39 is 0 Å². The summed E-state index contributed by atoms with van der Waals surface area (Å²) in [5.74, 6) is 2.75. The second kappa shape index (κ2) is 4.82. The van der Waals surface area contributed by atoms with E-state index in [4.69, 9.17) is 0 Å². The third kappa shape index (κ3) is 2.17. The highest BCUT2D eigenvalue weighted by atomic mass is 32.2. The molecule has 2 heterocycles. The Balaban J connectivity index is 1.89. The smallest absolute Gasteiger partial charge is 0.0740 e. The molecule has 0 spiro atoms. The van der Waals surface area contributed by atoms with Crippen molar-refractivity contribution in [2.75, 3.05) is 11.5 Å². The molecule has 3 aliphatic rings. The summed E-state index contributed by atoms with van der Waals surface area (Å²) in [6.45, 7) is 4.85. The molecule has 92 valence electrons. The van der Waals surface area contributed by atoms with Crippen LogP contribution in [0.1, 0.15) is 33.1 Å². The summed E-state index contributed by atoms with van der Waals surface area (Å²) >= 11 is 9.20. The maximum Gasteiger partial charge on any atom is 0.0740 e. The standard InChI is InChI=1S/C12H20S4/c1-8-6-13-12-5-3-4-10(15-8)11(12)16-9(2)7-14-12/h8-11H,3-7H2,1-2H3. The SMILES string of the molecule is CC1CSC23CCCC(S1)C2SC(C)CS3. The molecule has 16 heavy (non-hydrogen) atoms. The highest BCUT2D eigenvalue weighted by Crippen LogP contribution is 2.61. The van der Waals surface area contributed by atoms with Crippen molar-refractivity contribution in [2.24, 2.45) is 0 Å². The van der Waals surface area contributed by atoms with Crippen molar-refractivity contribution < 1.29 is 0 Å². The highest BCUT2D eigenvalue weighted by molar-refractivity contribution is 8.21. The lowest BCUT2D eigenvalue weighted by molar-refractivity contribution is 0.512. The van der Waals surface area contributed by atoms with Crippen molar-refractivity contribution in [3.05, 3.63) is 0 Å². The zero-order valence-corrected chi connectivity index (χ0v) is 13.2. The Hall–Kier alpha value is 1.40. The molecule has 5 unspecified atom stereocenters. The van der Waals surface area contributed by atoms with Gasteiger partial charge in [0.05, 0.1) is 4.08 Å². The van der Waals surface area contributed by atoms with E-state index in [2.05, 4.69) is 60.9 Å². The van der Waals surface area contributed by atoms with Crippen molar-refractivity contribution in [1.82, 2.24) is 0 Å². The first-order valence-corrected chi connectivity index (χ1v) is 10.1. The first-order chi connectivity index (χ1) is 7.70. The molecule has 0 aromatic heterocycles. The molecule has 2 saturated heterocycles. The Labute approximate surface area is 116 Å². The lowest BCUT2D eigenvalue weighted by atomic mass is 9.98. The fourth-order valence-electron chi connectivity index (χ4n) is 2.95. The summed E-state index contributed by atoms with van der Waals surface area (Å²) in [7, 11) is 0. The predicted octanol–water partition coefficient (Wildman–Crippen LogP) is 4.34. The van der Waals surface area contributed by atoms with Crippen LogP contribution in [0.3, 0.4) is 0 Å². The summed E-state index contributed by atoms with van der Waals surface area (Å²) in [6, 6.07) is 0. The summed E-state index contributed by atoms with van der Waals surface area (Å²) in [4.78, 5) is 0. The summed E-state index contributed by atoms with van der Waals surface area (Å²) < 4.78 is 0.595. The molecule has 0 nitrogen and oxygen atoms in total. The van der Waals surface area contributed by atoms with Crippen LogP contribution < -0.4 is 0 Å². The zero-order chi connectivity index (χ0) is 11.2. The lowest BCUT2D eigenvalue weighted by Gasteiger charge is -2.49. The highest BCUT2D eigenvalue weighted by Gasteiger charge is 2.52. The van der Waals surface area contributed by atoms with Gasteiger partial charge in [-0.3, -0.25) is 0 Å². The normalized spacial score (nSPS) is 52.9. The molecule has 0 radical (unpaired) electrons. The van der Waals surface area contributed by atoms with Crippen LogP contribution in [0, 0.1) is 0 Å². The van der Waals surface area contributed by atoms with Gasteiger partial charge in [0.1, 0.15) is 0 Å². The van der Waals surface area contributed by atoms with Crippen LogP contribution in [-0.4, -0.2) is 36.6 Å². The van der Waals surface area contributed by atoms with Gasteiger partial charge in [-0.1, -0.05) is 20.3 Å². The van der Waals surface area contributed by atoms with E-state index in [9.17, 15) is 0 Å². The largest absolute Gasteiger partial charge is 0.153 e. The van der Waals surface area contributed by atoms with E-state index >= 15 is 0 Å². The Morgan fingerprint density at radius 3 is 2.44 bits per heavy atom. The van der Waals surface area contributed by atoms with Gasteiger partial charge in [0.15, 0.2) is 0 Å². The van der Waals surface area contributed by atoms with Crippen LogP contribution in [-0.2, 0) is 0 Å². The van der Waals surface area contributed by atoms with E-state index in [1.807, 2.05) is 0 Å². The number of rotatable bonds is 0. The monoisotopic (exact) mass is 292 g/mol. The number of thioether (sulfide) groups is 4. The fourth-order valence-corrected chi connectivity index (χ4v) is 10.7. The molecule has 2 aliphatic heterocycles. The van der Waals surface area contributed by atoms with Crippen LogP contribution in [0.4, 0.5) is 0 Å². The quantitative estimate of drug-likeness (QED) is 0.651. The van der Waals surface area contributed by atoms with Crippen molar-refractivity contribution in [3.63, 3.8) is 0 Å². The summed E-state index contributed by atoms with van der Waals surface area (Å²) in [6.07, 6.45) is 4.41. The van der Waals surface area contributed by atoms with Gasteiger partial charge in [-0.2, -0.15) is 23.5 Å². The van der Waals surface area contributed by atoms with E-state index in [1.165, 1.54) is 30.8 Å². The van der Waals surface area contributed by atoms with Crippen molar-refractivity contribution in [2.45, 2.75) is 58.2 Å². The second-order valence-electron chi connectivity index (χ2n) is 5.18. The third-order valence-electron chi connectivity index (χ3n) is 3.70. The Bertz CT molecular complexity index is 270. The minimum Gasteiger partial charge on any atom is -0.153 e. The van der Waals surface area contributed by atoms with Gasteiger partial charge in [0.25, 0.3) is 0 Å². The van der Waals surface area contributed by atoms with Gasteiger partial charge in [0.2, 0.25) is 0 Å². The topological polar surface area (TPSA) is 0 Å². The average molecular weight is 293 g/mol. The zero-order valence-electron chi connectivity index (χ0n) is 9.98. The van der Waals surface area contributed by atoms with E-state index in [-0.39, 0.29) is 0 Å². The van der Waals surface area contributed by atoms with Gasteiger partial charge >= 0.3 is 0 Å². The Kier molecular flexibility index (Phi) is 3.75. The summed E-state index contributed by atoms with van der Waals surface area (Å²) in [5, 5.41) is 3.61. The van der Waals surface area contributed by atoms with Gasteiger partial charge in [-0.05, 0) is 12.8 Å². The Morgan fingerprint density at radius 2 is 1.69 bits per heavy atom. The van der Waals surface area contributed by atoms with Crippen LogP contribution in [0.5, 0.6) is 0 Å². The maximum atomic E-state index is 2.43. The molecule has 0 N–H and O–H groups in total. The van der Waals surface area contributed by atoms with Crippen LogP contribution >= 0.6 is 47.0 Å². The van der Waals surface area contributed by atoms with Crippen LogP contribution in [0.25, 0.3) is 0 Å². The molecule has 3 fully saturated rings. The molecule has 3 rings (SSSR count). The third-order valence-corrected chi connectivity index (χ3v) is 11.7. The van der Waals surface area contributed by atoms with Crippen molar-refractivity contribution in [3.8, 4) is 0 Å². The maximum absolute atomic E-state index is 2.43. The van der Waals surface area contributed by atoms with Gasteiger partial charge in [-0.25, -0.2) is 0 Å². The van der Waals surface area contributed by atoms with Crippen LogP contribution in [0.2, 0.25) is 0 Å². The average Bonchev–Trinajstić information content (AvgIpc) is 2.35. The van der Waals surface area contributed by atoms with Crippen LogP contribution in [0.15, 0.2) is 0 Å². The molecule has 4 heteroatoms. The van der Waals surface area contributed by atoms with Gasteiger partial charge in [0, 0.05) is 32.5 Å². The van der Waals surface area contributed by atoms with E-state index in [1.54, 1.807) is 0 Å². The molecule has 0 aromatic carbocycles. The van der Waals surface area contributed by atoms with Gasteiger partial charge < -0.3 is 0 Å². The molecular formula is C12H20S4. The first kappa shape index (κ1) is 12.4. The molecule has 2 bridgehead atoms. The molecular weight excluding hydrogens is 272 g/mol.